The number of sulfone groups is 1. The Kier molecular flexibility index (Phi) is 6.29. The van der Waals surface area contributed by atoms with Gasteiger partial charge in [0.1, 0.15) is 11.8 Å². The topological polar surface area (TPSA) is 70.4 Å². The number of anilines is 1. The molecule has 0 atom stereocenters. The van der Waals surface area contributed by atoms with E-state index in [4.69, 9.17) is 16.3 Å². The summed E-state index contributed by atoms with van der Waals surface area (Å²) in [6.45, 7) is 1.13. The normalized spacial score (nSPS) is 11.0. The second-order valence-corrected chi connectivity index (χ2v) is 8.04. The van der Waals surface area contributed by atoms with Gasteiger partial charge in [0.2, 0.25) is 0 Å². The van der Waals surface area contributed by atoms with E-state index >= 15 is 0 Å². The lowest BCUT2D eigenvalue weighted by molar-refractivity contribution is 0.312. The monoisotopic (exact) mass is 378 g/mol. The Labute approximate surface area is 153 Å². The molecule has 2 aromatic carbocycles. The van der Waals surface area contributed by atoms with Crippen LogP contribution in [0.2, 0.25) is 5.02 Å². The lowest BCUT2D eigenvalue weighted by Crippen LogP contribution is -2.21. The molecule has 0 amide bonds. The number of hydrogen-bond donors (Lipinski definition) is 0. The summed E-state index contributed by atoms with van der Waals surface area (Å²) in [5.41, 5.74) is 1.25. The van der Waals surface area contributed by atoms with E-state index < -0.39 is 9.84 Å². The van der Waals surface area contributed by atoms with Crippen molar-refractivity contribution >= 4 is 27.1 Å². The van der Waals surface area contributed by atoms with Gasteiger partial charge in [-0.05, 0) is 42.8 Å². The maximum Gasteiger partial charge on any atom is 0.175 e. The van der Waals surface area contributed by atoms with Crippen LogP contribution in [0.15, 0.2) is 47.4 Å². The van der Waals surface area contributed by atoms with Crippen LogP contribution in [0, 0.1) is 11.3 Å². The largest absolute Gasteiger partial charge is 0.494 e. The van der Waals surface area contributed by atoms with Crippen molar-refractivity contribution in [2.75, 3.05) is 31.4 Å². The molecule has 2 rings (SSSR count). The summed E-state index contributed by atoms with van der Waals surface area (Å²) in [6.07, 6.45) is 1.89. The molecule has 132 valence electrons. The number of benzene rings is 2. The van der Waals surface area contributed by atoms with Gasteiger partial charge in [-0.2, -0.15) is 5.26 Å². The fourth-order valence-corrected chi connectivity index (χ4v) is 3.33. The predicted molar refractivity (Wildman–Crippen MR) is 99.1 cm³/mol. The van der Waals surface area contributed by atoms with Gasteiger partial charge in [0.25, 0.3) is 0 Å². The predicted octanol–water partition coefficient (Wildman–Crippen LogP) is 3.52. The average Bonchev–Trinajstić information content (AvgIpc) is 2.57. The number of rotatable bonds is 7. The minimum atomic E-state index is -3.20. The van der Waals surface area contributed by atoms with E-state index in [9.17, 15) is 13.7 Å². The van der Waals surface area contributed by atoms with Gasteiger partial charge < -0.3 is 9.64 Å². The summed E-state index contributed by atoms with van der Waals surface area (Å²) < 4.78 is 28.5. The van der Waals surface area contributed by atoms with Crippen LogP contribution in [0.5, 0.6) is 5.75 Å². The van der Waals surface area contributed by atoms with Crippen molar-refractivity contribution in [3.63, 3.8) is 0 Å². The van der Waals surface area contributed by atoms with Crippen molar-refractivity contribution in [2.45, 2.75) is 11.3 Å². The molecule has 2 aromatic rings. The highest BCUT2D eigenvalue weighted by Crippen LogP contribution is 2.28. The summed E-state index contributed by atoms with van der Waals surface area (Å²) in [5.74, 6) is 0.616. The van der Waals surface area contributed by atoms with E-state index in [1.54, 1.807) is 30.3 Å². The second kappa shape index (κ2) is 8.24. The maximum absolute atomic E-state index is 11.4. The molecule has 0 bridgehead atoms. The number of nitrogens with zero attached hydrogens (tertiary/aromatic N) is 2. The fraction of sp³-hybridized carbons (Fsp3) is 0.278. The minimum Gasteiger partial charge on any atom is -0.494 e. The van der Waals surface area contributed by atoms with E-state index in [2.05, 4.69) is 6.07 Å². The Morgan fingerprint density at radius 3 is 2.48 bits per heavy atom. The molecular formula is C18H19ClN2O3S. The molecule has 0 spiro atoms. The van der Waals surface area contributed by atoms with E-state index in [0.29, 0.717) is 35.2 Å². The summed E-state index contributed by atoms with van der Waals surface area (Å²) in [7, 11) is -1.32. The van der Waals surface area contributed by atoms with E-state index in [0.717, 1.165) is 6.42 Å². The number of hydrogen-bond acceptors (Lipinski definition) is 5. The van der Waals surface area contributed by atoms with Crippen LogP contribution in [0.4, 0.5) is 5.69 Å². The highest BCUT2D eigenvalue weighted by Gasteiger charge is 2.11. The van der Waals surface area contributed by atoms with Crippen molar-refractivity contribution < 1.29 is 13.2 Å². The third-order valence-electron chi connectivity index (χ3n) is 3.65. The van der Waals surface area contributed by atoms with Gasteiger partial charge in [-0.3, -0.25) is 0 Å². The first kappa shape index (κ1) is 19.1. The smallest absolute Gasteiger partial charge is 0.175 e. The highest BCUT2D eigenvalue weighted by atomic mass is 35.5. The fourth-order valence-electron chi connectivity index (χ4n) is 2.38. The average molecular weight is 379 g/mol. The molecule has 0 radical (unpaired) electrons. The summed E-state index contributed by atoms with van der Waals surface area (Å²) >= 11 is 6.19. The van der Waals surface area contributed by atoms with Crippen molar-refractivity contribution in [3.05, 3.63) is 53.1 Å². The van der Waals surface area contributed by atoms with E-state index in [1.807, 2.05) is 11.9 Å². The van der Waals surface area contributed by atoms with Crippen LogP contribution in [0.25, 0.3) is 0 Å². The lowest BCUT2D eigenvalue weighted by atomic mass is 10.1. The molecule has 0 N–H and O–H groups in total. The first-order valence-electron chi connectivity index (χ1n) is 7.65. The number of halogens is 1. The van der Waals surface area contributed by atoms with E-state index in [-0.39, 0.29) is 4.90 Å². The standard InChI is InChI=1S/C18H19ClN2O3S/c1-21(18-14(13-20)5-3-6-17(18)19)11-4-12-24-15-7-9-16(10-8-15)25(2,22)23/h3,5-10H,4,11-12H2,1-2H3. The molecule has 0 saturated carbocycles. The van der Waals surface area contributed by atoms with Crippen LogP contribution >= 0.6 is 11.6 Å². The van der Waals surface area contributed by atoms with Crippen molar-refractivity contribution in [2.24, 2.45) is 0 Å². The maximum atomic E-state index is 11.4. The van der Waals surface area contributed by atoms with Crippen molar-refractivity contribution in [3.8, 4) is 11.8 Å². The second-order valence-electron chi connectivity index (χ2n) is 5.61. The van der Waals surface area contributed by atoms with E-state index in [1.165, 1.54) is 18.4 Å². The van der Waals surface area contributed by atoms with Crippen molar-refractivity contribution in [1.29, 1.82) is 5.26 Å². The number of ether oxygens (including phenoxy) is 1. The Balaban J connectivity index is 1.88. The molecule has 0 heterocycles. The highest BCUT2D eigenvalue weighted by molar-refractivity contribution is 7.90. The van der Waals surface area contributed by atoms with Gasteiger partial charge >= 0.3 is 0 Å². The molecule has 7 heteroatoms. The molecule has 0 unspecified atom stereocenters. The third-order valence-corrected chi connectivity index (χ3v) is 5.08. The SMILES string of the molecule is CN(CCCOc1ccc(S(C)(=O)=O)cc1)c1c(Cl)cccc1C#N. The van der Waals surface area contributed by atoms with Gasteiger partial charge in [0.05, 0.1) is 27.8 Å². The third kappa shape index (κ3) is 5.12. The first-order valence-corrected chi connectivity index (χ1v) is 9.92. The quantitative estimate of drug-likeness (QED) is 0.689. The Hall–Kier alpha value is -2.23. The Morgan fingerprint density at radius 2 is 1.88 bits per heavy atom. The molecular weight excluding hydrogens is 360 g/mol. The first-order chi connectivity index (χ1) is 11.8. The molecule has 0 fully saturated rings. The zero-order chi connectivity index (χ0) is 18.4. The minimum absolute atomic E-state index is 0.266. The number of para-hydroxylation sites is 1. The molecule has 0 aliphatic rings. The number of nitriles is 1. The van der Waals surface area contributed by atoms with Gasteiger partial charge in [0.15, 0.2) is 9.84 Å². The van der Waals surface area contributed by atoms with Crippen LogP contribution in [0.1, 0.15) is 12.0 Å². The lowest BCUT2D eigenvalue weighted by Gasteiger charge is -2.21. The molecule has 0 aliphatic carbocycles. The van der Waals surface area contributed by atoms with Gasteiger partial charge in [-0.1, -0.05) is 17.7 Å². The summed E-state index contributed by atoms with van der Waals surface area (Å²) in [6, 6.07) is 13.7. The Bertz CT molecular complexity index is 874. The molecule has 25 heavy (non-hydrogen) atoms. The zero-order valence-corrected chi connectivity index (χ0v) is 15.6. The van der Waals surface area contributed by atoms with Gasteiger partial charge in [-0.15, -0.1) is 0 Å². The molecule has 0 aliphatic heterocycles. The van der Waals surface area contributed by atoms with Crippen LogP contribution in [0.3, 0.4) is 0 Å². The summed E-state index contributed by atoms with van der Waals surface area (Å²) in [4.78, 5) is 2.19. The molecule has 0 saturated heterocycles. The molecule has 5 nitrogen and oxygen atoms in total. The van der Waals surface area contributed by atoms with Crippen LogP contribution in [-0.2, 0) is 9.84 Å². The van der Waals surface area contributed by atoms with Crippen molar-refractivity contribution in [1.82, 2.24) is 0 Å². The Morgan fingerprint density at radius 1 is 1.20 bits per heavy atom. The molecule has 0 aromatic heterocycles. The van der Waals surface area contributed by atoms with Crippen LogP contribution < -0.4 is 9.64 Å². The van der Waals surface area contributed by atoms with Gasteiger partial charge in [-0.25, -0.2) is 8.42 Å². The summed E-state index contributed by atoms with van der Waals surface area (Å²) in [5, 5.41) is 9.73. The zero-order valence-electron chi connectivity index (χ0n) is 14.1. The van der Waals surface area contributed by atoms with Crippen LogP contribution in [-0.4, -0.2) is 34.9 Å². The van der Waals surface area contributed by atoms with Gasteiger partial charge in [0, 0.05) is 19.8 Å².